The van der Waals surface area contributed by atoms with Crippen LogP contribution in [0.5, 0.6) is 5.75 Å². The van der Waals surface area contributed by atoms with E-state index in [4.69, 9.17) is 13.9 Å². The van der Waals surface area contributed by atoms with Crippen LogP contribution in [0.4, 0.5) is 0 Å². The number of nitrogens with zero attached hydrogens (tertiary/aromatic N) is 2. The molecule has 1 aromatic carbocycles. The van der Waals surface area contributed by atoms with Gasteiger partial charge >= 0.3 is 5.97 Å². The monoisotopic (exact) mass is 308 g/mol. The zero-order valence-corrected chi connectivity index (χ0v) is 12.7. The standard InChI is InChI=1S/C14H16N2O4S/c1-3-18-13(17)9-21-14-16-15-12(20-14)8-19-11-6-4-10(2)5-7-11/h4-7H,3,8-9H2,1-2H3. The lowest BCUT2D eigenvalue weighted by atomic mass is 10.2. The first kappa shape index (κ1) is 15.4. The van der Waals surface area contributed by atoms with Gasteiger partial charge in [0.05, 0.1) is 6.61 Å². The van der Waals surface area contributed by atoms with Gasteiger partial charge in [-0.2, -0.15) is 0 Å². The molecule has 0 bridgehead atoms. The summed E-state index contributed by atoms with van der Waals surface area (Å²) in [5.41, 5.74) is 1.16. The molecule has 0 fully saturated rings. The third kappa shape index (κ3) is 5.11. The molecule has 0 amide bonds. The van der Waals surface area contributed by atoms with Crippen LogP contribution in [0, 0.1) is 6.92 Å². The topological polar surface area (TPSA) is 74.5 Å². The van der Waals surface area contributed by atoms with E-state index in [0.717, 1.165) is 23.1 Å². The second-order valence-electron chi connectivity index (χ2n) is 4.16. The average molecular weight is 308 g/mol. The molecule has 2 aromatic rings. The van der Waals surface area contributed by atoms with Gasteiger partial charge in [0, 0.05) is 0 Å². The predicted octanol–water partition coefficient (Wildman–Crippen LogP) is 2.61. The van der Waals surface area contributed by atoms with Crippen molar-refractivity contribution in [1.82, 2.24) is 10.2 Å². The number of hydrogen-bond acceptors (Lipinski definition) is 7. The molecule has 0 unspecified atom stereocenters. The van der Waals surface area contributed by atoms with Gasteiger partial charge < -0.3 is 13.9 Å². The van der Waals surface area contributed by atoms with Crippen molar-refractivity contribution in [2.45, 2.75) is 25.7 Å². The number of esters is 1. The molecule has 0 spiro atoms. The van der Waals surface area contributed by atoms with Crippen molar-refractivity contribution < 1.29 is 18.7 Å². The largest absolute Gasteiger partial charge is 0.484 e. The Kier molecular flexibility index (Phi) is 5.62. The molecule has 0 radical (unpaired) electrons. The van der Waals surface area contributed by atoms with Crippen LogP contribution in [0.1, 0.15) is 18.4 Å². The molecule has 1 heterocycles. The summed E-state index contributed by atoms with van der Waals surface area (Å²) in [6, 6.07) is 7.68. The second kappa shape index (κ2) is 7.68. The van der Waals surface area contributed by atoms with E-state index in [9.17, 15) is 4.79 Å². The molecule has 7 heteroatoms. The molecule has 0 saturated heterocycles. The number of rotatable bonds is 7. The Bertz CT molecular complexity index is 583. The highest BCUT2D eigenvalue weighted by atomic mass is 32.2. The lowest BCUT2D eigenvalue weighted by Gasteiger charge is -2.02. The zero-order valence-electron chi connectivity index (χ0n) is 11.9. The molecule has 0 aliphatic heterocycles. The highest BCUT2D eigenvalue weighted by Crippen LogP contribution is 2.18. The van der Waals surface area contributed by atoms with Crippen LogP contribution < -0.4 is 4.74 Å². The number of carbonyl (C=O) groups excluding carboxylic acids is 1. The molecule has 21 heavy (non-hydrogen) atoms. The van der Waals surface area contributed by atoms with Crippen LogP contribution in [0.2, 0.25) is 0 Å². The Morgan fingerprint density at radius 2 is 2.05 bits per heavy atom. The zero-order chi connectivity index (χ0) is 15.1. The molecule has 0 saturated carbocycles. The predicted molar refractivity (Wildman–Crippen MR) is 77.2 cm³/mol. The third-order valence-electron chi connectivity index (χ3n) is 2.45. The summed E-state index contributed by atoms with van der Waals surface area (Å²) >= 11 is 1.14. The highest BCUT2D eigenvalue weighted by molar-refractivity contribution is 7.99. The van der Waals surface area contributed by atoms with Gasteiger partial charge in [0.1, 0.15) is 11.5 Å². The van der Waals surface area contributed by atoms with E-state index < -0.39 is 0 Å². The van der Waals surface area contributed by atoms with E-state index in [1.165, 1.54) is 0 Å². The van der Waals surface area contributed by atoms with Gasteiger partial charge in [-0.3, -0.25) is 4.79 Å². The van der Waals surface area contributed by atoms with Gasteiger partial charge in [-0.25, -0.2) is 0 Å². The van der Waals surface area contributed by atoms with Crippen LogP contribution in [0.3, 0.4) is 0 Å². The molecule has 1 aromatic heterocycles. The first-order valence-corrected chi connectivity index (χ1v) is 7.46. The molecule has 2 rings (SSSR count). The number of aromatic nitrogens is 2. The Morgan fingerprint density at radius 3 is 2.76 bits per heavy atom. The molecule has 0 aliphatic rings. The molecule has 0 N–H and O–H groups in total. The summed E-state index contributed by atoms with van der Waals surface area (Å²) in [4.78, 5) is 11.2. The van der Waals surface area contributed by atoms with Gasteiger partial charge in [0.15, 0.2) is 6.61 Å². The van der Waals surface area contributed by atoms with E-state index >= 15 is 0 Å². The lowest BCUT2D eigenvalue weighted by molar-refractivity contribution is -0.139. The Balaban J connectivity index is 1.80. The van der Waals surface area contributed by atoms with Gasteiger partial charge in [-0.15, -0.1) is 10.2 Å². The summed E-state index contributed by atoms with van der Waals surface area (Å²) in [6.45, 7) is 4.32. The molecule has 112 valence electrons. The quantitative estimate of drug-likeness (QED) is 0.575. The fourth-order valence-corrected chi connectivity index (χ4v) is 2.04. The SMILES string of the molecule is CCOC(=O)CSc1nnc(COc2ccc(C)cc2)o1. The van der Waals surface area contributed by atoms with E-state index in [1.807, 2.05) is 31.2 Å². The first-order valence-electron chi connectivity index (χ1n) is 6.47. The minimum absolute atomic E-state index is 0.147. The molecule has 0 atom stereocenters. The highest BCUT2D eigenvalue weighted by Gasteiger charge is 2.10. The van der Waals surface area contributed by atoms with Crippen molar-refractivity contribution in [2.75, 3.05) is 12.4 Å². The van der Waals surface area contributed by atoms with E-state index in [-0.39, 0.29) is 18.3 Å². The smallest absolute Gasteiger partial charge is 0.316 e. The van der Waals surface area contributed by atoms with Crippen molar-refractivity contribution in [3.8, 4) is 5.75 Å². The third-order valence-corrected chi connectivity index (χ3v) is 3.24. The maximum Gasteiger partial charge on any atom is 0.316 e. The number of thioether (sulfide) groups is 1. The van der Waals surface area contributed by atoms with Crippen LogP contribution in [0.25, 0.3) is 0 Å². The number of ether oxygens (including phenoxy) is 2. The number of carbonyl (C=O) groups is 1. The minimum atomic E-state index is -0.307. The van der Waals surface area contributed by atoms with Gasteiger partial charge in [-0.1, -0.05) is 29.5 Å². The van der Waals surface area contributed by atoms with Crippen LogP contribution >= 0.6 is 11.8 Å². The minimum Gasteiger partial charge on any atom is -0.484 e. The van der Waals surface area contributed by atoms with Crippen molar-refractivity contribution in [1.29, 1.82) is 0 Å². The van der Waals surface area contributed by atoms with E-state index in [2.05, 4.69) is 10.2 Å². The Hall–Kier alpha value is -2.02. The second-order valence-corrected chi connectivity index (χ2v) is 5.08. The van der Waals surface area contributed by atoms with E-state index in [1.54, 1.807) is 6.92 Å². The number of benzene rings is 1. The lowest BCUT2D eigenvalue weighted by Crippen LogP contribution is -2.06. The fraction of sp³-hybridized carbons (Fsp3) is 0.357. The molecule has 0 aliphatic carbocycles. The van der Waals surface area contributed by atoms with Gasteiger partial charge in [-0.05, 0) is 26.0 Å². The van der Waals surface area contributed by atoms with Crippen molar-refractivity contribution in [3.05, 3.63) is 35.7 Å². The Morgan fingerprint density at radius 1 is 1.29 bits per heavy atom. The first-order chi connectivity index (χ1) is 10.2. The fourth-order valence-electron chi connectivity index (χ4n) is 1.46. The maximum absolute atomic E-state index is 11.2. The molecular formula is C14H16N2O4S. The summed E-state index contributed by atoms with van der Waals surface area (Å²) in [6.07, 6.45) is 0. The van der Waals surface area contributed by atoms with Crippen molar-refractivity contribution in [2.24, 2.45) is 0 Å². The molecular weight excluding hydrogens is 292 g/mol. The molecule has 6 nitrogen and oxygen atoms in total. The average Bonchev–Trinajstić information content (AvgIpc) is 2.93. The summed E-state index contributed by atoms with van der Waals surface area (Å²) < 4.78 is 15.7. The maximum atomic E-state index is 11.2. The summed E-state index contributed by atoms with van der Waals surface area (Å²) in [5.74, 6) is 0.938. The van der Waals surface area contributed by atoms with Crippen molar-refractivity contribution in [3.63, 3.8) is 0 Å². The summed E-state index contributed by atoms with van der Waals surface area (Å²) in [5, 5.41) is 8.02. The Labute approximate surface area is 126 Å². The number of hydrogen-bond donors (Lipinski definition) is 0. The van der Waals surface area contributed by atoms with Gasteiger partial charge in [0.25, 0.3) is 11.1 Å². The normalized spacial score (nSPS) is 10.4. The summed E-state index contributed by atoms with van der Waals surface area (Å²) in [7, 11) is 0. The number of aryl methyl sites for hydroxylation is 1. The van der Waals surface area contributed by atoms with Crippen LogP contribution in [-0.4, -0.2) is 28.5 Å². The van der Waals surface area contributed by atoms with Gasteiger partial charge in [0.2, 0.25) is 0 Å². The van der Waals surface area contributed by atoms with Crippen LogP contribution in [0.15, 0.2) is 33.9 Å². The van der Waals surface area contributed by atoms with Crippen molar-refractivity contribution >= 4 is 17.7 Å². The van der Waals surface area contributed by atoms with E-state index in [0.29, 0.717) is 17.7 Å². The van der Waals surface area contributed by atoms with Crippen LogP contribution in [-0.2, 0) is 16.1 Å².